The van der Waals surface area contributed by atoms with E-state index in [4.69, 9.17) is 4.74 Å². The first-order valence-corrected chi connectivity index (χ1v) is 14.3. The van der Waals surface area contributed by atoms with Gasteiger partial charge in [-0.05, 0) is 78.6 Å². The summed E-state index contributed by atoms with van der Waals surface area (Å²) >= 11 is 0. The SMILES string of the molecule is O=C(CN(C(=O)c1ccc([N+](=O)[O-])cc1)N1C(=O)[C@@H]2[C@H]3C=C[C@@H]([C@@H]4C[C@@H]34)[C@@H]2C1=O)c1ccc(Oc2ccc([N+](=O)[O-])cc2)cc1. The number of benzene rings is 3. The van der Waals surface area contributed by atoms with Gasteiger partial charge in [0.1, 0.15) is 18.0 Å². The number of ketones is 1. The van der Waals surface area contributed by atoms with Gasteiger partial charge in [0.2, 0.25) is 0 Å². The van der Waals surface area contributed by atoms with Crippen LogP contribution in [0.1, 0.15) is 27.1 Å². The predicted molar refractivity (Wildman–Crippen MR) is 155 cm³/mol. The highest BCUT2D eigenvalue weighted by molar-refractivity contribution is 6.10. The lowest BCUT2D eigenvalue weighted by Crippen LogP contribution is -2.52. The third-order valence-corrected chi connectivity index (χ3v) is 9.19. The molecular formula is C32H24N4O9. The lowest BCUT2D eigenvalue weighted by molar-refractivity contribution is -0.385. The van der Waals surface area contributed by atoms with Crippen LogP contribution < -0.4 is 4.74 Å². The van der Waals surface area contributed by atoms with E-state index in [0.29, 0.717) is 23.3 Å². The number of carbonyl (C=O) groups is 4. The molecule has 3 aromatic rings. The number of hydrogen-bond donors (Lipinski definition) is 0. The van der Waals surface area contributed by atoms with Gasteiger partial charge in [-0.2, -0.15) is 5.01 Å². The molecule has 2 bridgehead atoms. The Morgan fingerprint density at radius 2 is 1.18 bits per heavy atom. The molecule has 6 atom stereocenters. The predicted octanol–water partition coefficient (Wildman–Crippen LogP) is 4.59. The van der Waals surface area contributed by atoms with Crippen molar-refractivity contribution in [2.24, 2.45) is 35.5 Å². The zero-order valence-corrected chi connectivity index (χ0v) is 23.4. The summed E-state index contributed by atoms with van der Waals surface area (Å²) in [6.45, 7) is -0.634. The van der Waals surface area contributed by atoms with E-state index >= 15 is 0 Å². The van der Waals surface area contributed by atoms with Gasteiger partial charge in [-0.1, -0.05) is 12.2 Å². The van der Waals surface area contributed by atoms with Crippen LogP contribution in [0.3, 0.4) is 0 Å². The summed E-state index contributed by atoms with van der Waals surface area (Å²) in [5, 5.41) is 23.7. The summed E-state index contributed by atoms with van der Waals surface area (Å²) in [5.41, 5.74) is -0.191. The molecule has 0 aromatic heterocycles. The molecule has 1 aliphatic heterocycles. The van der Waals surface area contributed by atoms with Gasteiger partial charge in [0.15, 0.2) is 5.78 Å². The second kappa shape index (κ2) is 10.5. The minimum Gasteiger partial charge on any atom is -0.457 e. The summed E-state index contributed by atoms with van der Waals surface area (Å²) in [6, 6.07) is 16.1. The first-order valence-electron chi connectivity index (χ1n) is 14.3. The molecule has 0 unspecified atom stereocenters. The average molecular weight is 609 g/mol. The Balaban J connectivity index is 1.14. The number of hydrazine groups is 1. The fourth-order valence-electron chi connectivity index (χ4n) is 7.00. The standard InChI is InChI=1S/C32H24N4O9/c37-27(17-3-9-21(10-4-17)45-22-11-7-20(8-12-22)36(43)44)16-33(30(38)18-1-5-19(6-2-18)35(41)42)34-31(39)28-23-13-14-24(26-15-25(23)26)29(28)32(34)40/h1-14,23-26,28-29H,15-16H2/t23-,24-,25-,26-,28-,29+/m0/s1. The maximum Gasteiger partial charge on any atom is 0.273 e. The van der Waals surface area contributed by atoms with Crippen molar-refractivity contribution in [3.05, 3.63) is 116 Å². The van der Waals surface area contributed by atoms with E-state index in [1.807, 2.05) is 12.2 Å². The summed E-state index contributed by atoms with van der Waals surface area (Å²) < 4.78 is 5.70. The number of Topliss-reactive ketones (excluding diaryl/α,β-unsaturated/α-hetero) is 1. The van der Waals surface area contributed by atoms with Crippen molar-refractivity contribution in [1.29, 1.82) is 0 Å². The molecule has 45 heavy (non-hydrogen) atoms. The number of carbonyl (C=O) groups excluding carboxylic acids is 4. The van der Waals surface area contributed by atoms with Gasteiger partial charge in [0.05, 0.1) is 21.7 Å². The Bertz CT molecular complexity index is 1770. The van der Waals surface area contributed by atoms with Crippen molar-refractivity contribution in [1.82, 2.24) is 10.0 Å². The van der Waals surface area contributed by atoms with Crippen LogP contribution in [0.25, 0.3) is 0 Å². The number of amides is 3. The van der Waals surface area contributed by atoms with Gasteiger partial charge in [0.25, 0.3) is 29.1 Å². The average Bonchev–Trinajstić information content (AvgIpc) is 3.83. The first-order chi connectivity index (χ1) is 21.6. The van der Waals surface area contributed by atoms with Crippen molar-refractivity contribution in [3.63, 3.8) is 0 Å². The van der Waals surface area contributed by atoms with Crippen LogP contribution in [-0.2, 0) is 9.59 Å². The van der Waals surface area contributed by atoms with E-state index in [1.165, 1.54) is 60.7 Å². The molecule has 13 heteroatoms. The van der Waals surface area contributed by atoms with E-state index in [1.54, 1.807) is 0 Å². The molecule has 1 saturated heterocycles. The van der Waals surface area contributed by atoms with Crippen LogP contribution in [0.5, 0.6) is 11.5 Å². The van der Waals surface area contributed by atoms with Crippen LogP contribution in [0, 0.1) is 55.7 Å². The lowest BCUT2D eigenvalue weighted by atomic mass is 9.63. The molecule has 13 nitrogen and oxygen atoms in total. The minimum absolute atomic E-state index is 0.0281. The Morgan fingerprint density at radius 3 is 1.67 bits per heavy atom. The van der Waals surface area contributed by atoms with Gasteiger partial charge in [-0.25, -0.2) is 5.01 Å². The highest BCUT2D eigenvalue weighted by atomic mass is 16.6. The largest absolute Gasteiger partial charge is 0.457 e. The smallest absolute Gasteiger partial charge is 0.273 e. The van der Waals surface area contributed by atoms with Gasteiger partial charge in [0, 0.05) is 35.4 Å². The van der Waals surface area contributed by atoms with Crippen molar-refractivity contribution < 1.29 is 33.8 Å². The van der Waals surface area contributed by atoms with Crippen molar-refractivity contribution in [3.8, 4) is 11.5 Å². The minimum atomic E-state index is -0.817. The van der Waals surface area contributed by atoms with Crippen LogP contribution in [0.2, 0.25) is 0 Å². The summed E-state index contributed by atoms with van der Waals surface area (Å²) in [4.78, 5) is 75.9. The highest BCUT2D eigenvalue weighted by Gasteiger charge is 2.68. The van der Waals surface area contributed by atoms with E-state index in [9.17, 15) is 39.4 Å². The zero-order chi connectivity index (χ0) is 31.6. The molecule has 226 valence electrons. The number of rotatable bonds is 9. The second-order valence-electron chi connectivity index (χ2n) is 11.6. The first kappa shape index (κ1) is 28.1. The van der Waals surface area contributed by atoms with E-state index in [2.05, 4.69) is 0 Å². The third kappa shape index (κ3) is 4.72. The molecule has 0 radical (unpaired) electrons. The number of nitro groups is 2. The van der Waals surface area contributed by atoms with Crippen LogP contribution >= 0.6 is 0 Å². The fraction of sp³-hybridized carbons (Fsp3) is 0.250. The summed E-state index contributed by atoms with van der Waals surface area (Å²) in [6.07, 6.45) is 4.97. The molecule has 3 amide bonds. The third-order valence-electron chi connectivity index (χ3n) is 9.19. The van der Waals surface area contributed by atoms with Gasteiger partial charge in [-0.3, -0.25) is 39.4 Å². The monoisotopic (exact) mass is 608 g/mol. The van der Waals surface area contributed by atoms with Crippen molar-refractivity contribution in [2.75, 3.05) is 6.54 Å². The molecule has 8 rings (SSSR count). The molecule has 1 heterocycles. The molecule has 4 aliphatic carbocycles. The Morgan fingerprint density at radius 1 is 0.733 bits per heavy atom. The van der Waals surface area contributed by atoms with Crippen LogP contribution in [0.4, 0.5) is 11.4 Å². The number of nitro benzene ring substituents is 2. The zero-order valence-electron chi connectivity index (χ0n) is 23.4. The number of hydrogen-bond acceptors (Lipinski definition) is 9. The van der Waals surface area contributed by atoms with Crippen molar-refractivity contribution in [2.45, 2.75) is 6.42 Å². The number of ether oxygens (including phenoxy) is 1. The van der Waals surface area contributed by atoms with E-state index in [0.717, 1.165) is 28.6 Å². The van der Waals surface area contributed by atoms with Crippen molar-refractivity contribution >= 4 is 34.9 Å². The molecule has 0 N–H and O–H groups in total. The second-order valence-corrected chi connectivity index (χ2v) is 11.6. The van der Waals surface area contributed by atoms with Gasteiger partial charge >= 0.3 is 0 Å². The molecule has 0 spiro atoms. The summed E-state index contributed by atoms with van der Waals surface area (Å²) in [5.74, 6) is -2.46. The molecule has 3 fully saturated rings. The maximum atomic E-state index is 13.8. The quantitative estimate of drug-likeness (QED) is 0.111. The van der Waals surface area contributed by atoms with E-state index < -0.39 is 51.7 Å². The normalized spacial score (nSPS) is 25.4. The van der Waals surface area contributed by atoms with E-state index in [-0.39, 0.29) is 34.3 Å². The Labute approximate surface area is 254 Å². The Hall–Kier alpha value is -5.72. The molecule has 5 aliphatic rings. The van der Waals surface area contributed by atoms with Gasteiger partial charge < -0.3 is 4.74 Å². The highest BCUT2D eigenvalue weighted by Crippen LogP contribution is 2.65. The van der Waals surface area contributed by atoms with Crippen LogP contribution in [-0.4, -0.2) is 49.9 Å². The maximum absolute atomic E-state index is 13.8. The lowest BCUT2D eigenvalue weighted by Gasteiger charge is -2.37. The number of non-ortho nitro benzene ring substituents is 2. The fourth-order valence-corrected chi connectivity index (χ4v) is 7.00. The molecular weight excluding hydrogens is 584 g/mol. The van der Waals surface area contributed by atoms with Gasteiger partial charge in [-0.15, -0.1) is 0 Å². The number of allylic oxidation sites excluding steroid dienone is 2. The molecule has 2 saturated carbocycles. The summed E-state index contributed by atoms with van der Waals surface area (Å²) in [7, 11) is 0. The topological polar surface area (TPSA) is 170 Å². The molecule has 3 aromatic carbocycles. The number of nitrogens with zero attached hydrogens (tertiary/aromatic N) is 4. The number of imide groups is 1. The Kier molecular flexibility index (Phi) is 6.53. The van der Waals surface area contributed by atoms with Crippen LogP contribution in [0.15, 0.2) is 84.9 Å².